The third kappa shape index (κ3) is 5.11. The van der Waals surface area contributed by atoms with Gasteiger partial charge in [-0.1, -0.05) is 18.2 Å². The van der Waals surface area contributed by atoms with Gasteiger partial charge in [0.15, 0.2) is 9.84 Å². The fourth-order valence-corrected chi connectivity index (χ4v) is 2.37. The quantitative estimate of drug-likeness (QED) is 0.738. The average Bonchev–Trinajstić information content (AvgIpc) is 2.47. The van der Waals surface area contributed by atoms with Crippen molar-refractivity contribution >= 4 is 9.84 Å². The summed E-state index contributed by atoms with van der Waals surface area (Å²) >= 11 is 0. The first-order valence-electron chi connectivity index (χ1n) is 6.66. The molecule has 112 valence electrons. The second-order valence-electron chi connectivity index (χ2n) is 4.61. The maximum Gasteiger partial charge on any atom is 0.175 e. The van der Waals surface area contributed by atoms with Crippen molar-refractivity contribution in [1.82, 2.24) is 0 Å². The zero-order valence-electron chi connectivity index (χ0n) is 11.9. The van der Waals surface area contributed by atoms with E-state index in [9.17, 15) is 8.42 Å². The second-order valence-corrected chi connectivity index (χ2v) is 6.62. The number of hydrogen-bond acceptors (Lipinski definition) is 4. The Morgan fingerprint density at radius 3 is 1.86 bits per heavy atom. The van der Waals surface area contributed by atoms with Crippen LogP contribution in [-0.4, -0.2) is 27.9 Å². The number of ether oxygens (including phenoxy) is 2. The van der Waals surface area contributed by atoms with E-state index in [4.69, 9.17) is 9.47 Å². The molecule has 4 nitrogen and oxygen atoms in total. The van der Waals surface area contributed by atoms with Gasteiger partial charge in [0.2, 0.25) is 0 Å². The third-order valence-electron chi connectivity index (χ3n) is 2.82. The third-order valence-corrected chi connectivity index (χ3v) is 3.95. The van der Waals surface area contributed by atoms with Crippen molar-refractivity contribution in [3.05, 3.63) is 54.6 Å². The van der Waals surface area contributed by atoms with Gasteiger partial charge in [-0.15, -0.1) is 0 Å². The minimum absolute atomic E-state index is 0.294. The summed E-state index contributed by atoms with van der Waals surface area (Å²) in [6, 6.07) is 16.0. The van der Waals surface area contributed by atoms with Gasteiger partial charge < -0.3 is 9.47 Å². The molecular formula is C16H18O4S. The van der Waals surface area contributed by atoms with Gasteiger partial charge in [0.25, 0.3) is 0 Å². The van der Waals surface area contributed by atoms with Crippen LogP contribution in [0.1, 0.15) is 6.42 Å². The van der Waals surface area contributed by atoms with Gasteiger partial charge in [-0.3, -0.25) is 0 Å². The number of sulfone groups is 1. The van der Waals surface area contributed by atoms with E-state index >= 15 is 0 Å². The Morgan fingerprint density at radius 2 is 1.33 bits per heavy atom. The molecule has 0 heterocycles. The van der Waals surface area contributed by atoms with Gasteiger partial charge in [-0.2, -0.15) is 0 Å². The smallest absolute Gasteiger partial charge is 0.175 e. The summed E-state index contributed by atoms with van der Waals surface area (Å²) in [6.07, 6.45) is 1.94. The monoisotopic (exact) mass is 306 g/mol. The van der Waals surface area contributed by atoms with Crippen LogP contribution >= 0.6 is 0 Å². The highest BCUT2D eigenvalue weighted by Crippen LogP contribution is 2.16. The van der Waals surface area contributed by atoms with E-state index in [0.29, 0.717) is 23.9 Å². The van der Waals surface area contributed by atoms with Gasteiger partial charge in [0.05, 0.1) is 18.1 Å². The van der Waals surface area contributed by atoms with Crippen molar-refractivity contribution < 1.29 is 17.9 Å². The molecule has 0 aliphatic heterocycles. The fraction of sp³-hybridized carbons (Fsp3) is 0.250. The lowest BCUT2D eigenvalue weighted by atomic mass is 10.3. The molecule has 21 heavy (non-hydrogen) atoms. The second kappa shape index (κ2) is 7.13. The van der Waals surface area contributed by atoms with Crippen LogP contribution < -0.4 is 9.47 Å². The zero-order valence-corrected chi connectivity index (χ0v) is 12.7. The molecule has 0 unspecified atom stereocenters. The maximum absolute atomic E-state index is 11.3. The van der Waals surface area contributed by atoms with Crippen LogP contribution in [0, 0.1) is 0 Å². The Hall–Kier alpha value is -2.01. The molecule has 0 radical (unpaired) electrons. The Kier molecular flexibility index (Phi) is 5.22. The lowest BCUT2D eigenvalue weighted by Gasteiger charge is -2.08. The fourth-order valence-electron chi connectivity index (χ4n) is 1.74. The van der Waals surface area contributed by atoms with Gasteiger partial charge in [0.1, 0.15) is 11.5 Å². The Balaban J connectivity index is 1.71. The van der Waals surface area contributed by atoms with E-state index in [1.807, 2.05) is 30.3 Å². The molecular weight excluding hydrogens is 288 g/mol. The van der Waals surface area contributed by atoms with Gasteiger partial charge in [-0.05, 0) is 36.4 Å². The Morgan fingerprint density at radius 1 is 0.810 bits per heavy atom. The predicted octanol–water partition coefficient (Wildman–Crippen LogP) is 2.94. The molecule has 5 heteroatoms. The predicted molar refractivity (Wildman–Crippen MR) is 81.6 cm³/mol. The van der Waals surface area contributed by atoms with Gasteiger partial charge >= 0.3 is 0 Å². The number of benzene rings is 2. The molecule has 0 aromatic heterocycles. The number of hydrogen-bond donors (Lipinski definition) is 0. The van der Waals surface area contributed by atoms with Crippen molar-refractivity contribution in [1.29, 1.82) is 0 Å². The molecule has 0 spiro atoms. The van der Waals surface area contributed by atoms with Crippen LogP contribution in [0.2, 0.25) is 0 Å². The molecule has 0 N–H and O–H groups in total. The van der Waals surface area contributed by atoms with Crippen LogP contribution in [0.4, 0.5) is 0 Å². The normalized spacial score (nSPS) is 11.1. The van der Waals surface area contributed by atoms with E-state index in [2.05, 4.69) is 0 Å². The standard InChI is InChI=1S/C16H18O4S/c1-21(17,18)16-10-8-15(9-11-16)20-13-5-12-19-14-6-3-2-4-7-14/h2-4,6-11H,5,12-13H2,1H3. The molecule has 0 amide bonds. The van der Waals surface area contributed by atoms with E-state index in [1.165, 1.54) is 6.26 Å². The van der Waals surface area contributed by atoms with Crippen molar-refractivity contribution in [2.24, 2.45) is 0 Å². The van der Waals surface area contributed by atoms with Crippen molar-refractivity contribution in [2.75, 3.05) is 19.5 Å². The lowest BCUT2D eigenvalue weighted by Crippen LogP contribution is -2.05. The summed E-state index contributed by atoms with van der Waals surface area (Å²) in [7, 11) is -3.15. The van der Waals surface area contributed by atoms with Gasteiger partial charge in [-0.25, -0.2) is 8.42 Å². The highest BCUT2D eigenvalue weighted by Gasteiger charge is 2.06. The van der Waals surface area contributed by atoms with E-state index in [-0.39, 0.29) is 0 Å². The minimum atomic E-state index is -3.15. The Labute approximate surface area is 125 Å². The van der Waals surface area contributed by atoms with E-state index < -0.39 is 9.84 Å². The van der Waals surface area contributed by atoms with Gasteiger partial charge in [0, 0.05) is 12.7 Å². The largest absolute Gasteiger partial charge is 0.493 e. The van der Waals surface area contributed by atoms with Crippen molar-refractivity contribution in [2.45, 2.75) is 11.3 Å². The van der Waals surface area contributed by atoms with Crippen molar-refractivity contribution in [3.8, 4) is 11.5 Å². The van der Waals surface area contributed by atoms with Crippen LogP contribution in [0.3, 0.4) is 0 Å². The molecule has 0 saturated heterocycles. The van der Waals surface area contributed by atoms with Crippen LogP contribution in [0.15, 0.2) is 59.5 Å². The summed E-state index contributed by atoms with van der Waals surface area (Å²) in [5.74, 6) is 1.50. The lowest BCUT2D eigenvalue weighted by molar-refractivity contribution is 0.247. The van der Waals surface area contributed by atoms with Crippen LogP contribution in [-0.2, 0) is 9.84 Å². The topological polar surface area (TPSA) is 52.6 Å². The first-order valence-corrected chi connectivity index (χ1v) is 8.55. The van der Waals surface area contributed by atoms with Crippen molar-refractivity contribution in [3.63, 3.8) is 0 Å². The molecule has 0 fully saturated rings. The summed E-state index contributed by atoms with van der Waals surface area (Å²) < 4.78 is 33.7. The summed E-state index contributed by atoms with van der Waals surface area (Å²) in [5, 5.41) is 0. The molecule has 0 aliphatic rings. The molecule has 0 atom stereocenters. The molecule has 2 aromatic carbocycles. The average molecular weight is 306 g/mol. The number of rotatable bonds is 7. The molecule has 0 saturated carbocycles. The summed E-state index contributed by atoms with van der Waals surface area (Å²) in [6.45, 7) is 1.09. The minimum Gasteiger partial charge on any atom is -0.493 e. The molecule has 0 aliphatic carbocycles. The number of para-hydroxylation sites is 1. The molecule has 2 aromatic rings. The van der Waals surface area contributed by atoms with Crippen LogP contribution in [0.25, 0.3) is 0 Å². The highest BCUT2D eigenvalue weighted by molar-refractivity contribution is 7.90. The first-order chi connectivity index (χ1) is 10.1. The van der Waals surface area contributed by atoms with Crippen LogP contribution in [0.5, 0.6) is 11.5 Å². The first kappa shape index (κ1) is 15.4. The SMILES string of the molecule is CS(=O)(=O)c1ccc(OCCCOc2ccccc2)cc1. The summed E-state index contributed by atoms with van der Waals surface area (Å²) in [5.41, 5.74) is 0. The maximum atomic E-state index is 11.3. The Bertz CT molecular complexity index is 648. The molecule has 0 bridgehead atoms. The van der Waals surface area contributed by atoms with E-state index in [1.54, 1.807) is 24.3 Å². The zero-order chi connectivity index (χ0) is 15.1. The summed E-state index contributed by atoms with van der Waals surface area (Å²) in [4.78, 5) is 0.294. The van der Waals surface area contributed by atoms with E-state index in [0.717, 1.165) is 12.2 Å². The molecule has 2 rings (SSSR count). The highest BCUT2D eigenvalue weighted by atomic mass is 32.2.